The third kappa shape index (κ3) is 3.48. The molecule has 0 aliphatic heterocycles. The van der Waals surface area contributed by atoms with Crippen molar-refractivity contribution in [1.29, 1.82) is 5.26 Å². The molecule has 0 saturated carbocycles. The van der Waals surface area contributed by atoms with E-state index in [0.717, 1.165) is 0 Å². The lowest BCUT2D eigenvalue weighted by atomic mass is 10.1. The van der Waals surface area contributed by atoms with Crippen LogP contribution in [0.1, 0.15) is 15.9 Å². The topological polar surface area (TPSA) is 85.5 Å². The van der Waals surface area contributed by atoms with Gasteiger partial charge in [0.05, 0.1) is 11.3 Å². The van der Waals surface area contributed by atoms with Crippen LogP contribution in [0, 0.1) is 18.4 Å². The summed E-state index contributed by atoms with van der Waals surface area (Å²) in [6, 6.07) is 3.16. The van der Waals surface area contributed by atoms with Gasteiger partial charge in [-0.05, 0) is 46.8 Å². The molecule has 0 aromatic heterocycles. The molecular formula is C11H10BrN3O2S. The van der Waals surface area contributed by atoms with Crippen LogP contribution < -0.4 is 5.32 Å². The number of aliphatic imine (C=N–C) groups is 1. The van der Waals surface area contributed by atoms with Crippen molar-refractivity contribution < 1.29 is 9.90 Å². The number of nitriles is 1. The Hall–Kier alpha value is -1.52. The summed E-state index contributed by atoms with van der Waals surface area (Å²) < 4.78 is 0.677. The molecule has 18 heavy (non-hydrogen) atoms. The van der Waals surface area contributed by atoms with E-state index < -0.39 is 5.97 Å². The van der Waals surface area contributed by atoms with Gasteiger partial charge in [-0.3, -0.25) is 5.32 Å². The van der Waals surface area contributed by atoms with Gasteiger partial charge in [-0.2, -0.15) is 5.26 Å². The lowest BCUT2D eigenvalue weighted by molar-refractivity contribution is 0.0696. The van der Waals surface area contributed by atoms with Gasteiger partial charge in [0.25, 0.3) is 0 Å². The first-order valence-corrected chi connectivity index (χ1v) is 6.82. The summed E-state index contributed by atoms with van der Waals surface area (Å²) in [5, 5.41) is 20.4. The molecule has 94 valence electrons. The first kappa shape index (κ1) is 14.5. The second-order valence-electron chi connectivity index (χ2n) is 3.28. The molecule has 5 nitrogen and oxygen atoms in total. The van der Waals surface area contributed by atoms with Crippen LogP contribution in [0.25, 0.3) is 0 Å². The lowest BCUT2D eigenvalue weighted by Gasteiger charge is -2.06. The average Bonchev–Trinajstić information content (AvgIpc) is 2.31. The number of halogens is 1. The Balaban J connectivity index is 3.29. The minimum absolute atomic E-state index is 0.189. The Morgan fingerprint density at radius 2 is 2.28 bits per heavy atom. The van der Waals surface area contributed by atoms with E-state index >= 15 is 0 Å². The number of carbonyl (C=O) groups is 1. The summed E-state index contributed by atoms with van der Waals surface area (Å²) in [5.41, 5.74) is 1.30. The number of thioether (sulfide) groups is 1. The van der Waals surface area contributed by atoms with E-state index in [1.807, 2.05) is 0 Å². The fraction of sp³-hybridized carbons (Fsp3) is 0.182. The maximum Gasteiger partial charge on any atom is 0.336 e. The van der Waals surface area contributed by atoms with Crippen LogP contribution in [-0.4, -0.2) is 22.5 Å². The zero-order valence-corrected chi connectivity index (χ0v) is 12.1. The maximum atomic E-state index is 11.0. The molecule has 0 radical (unpaired) electrons. The van der Waals surface area contributed by atoms with Crippen LogP contribution in [0.3, 0.4) is 0 Å². The molecule has 0 bridgehead atoms. The zero-order valence-electron chi connectivity index (χ0n) is 9.69. The number of carboxylic acid groups (broad SMARTS) is 1. The highest BCUT2D eigenvalue weighted by atomic mass is 79.9. The van der Waals surface area contributed by atoms with Gasteiger partial charge in [0.2, 0.25) is 0 Å². The number of nitrogens with one attached hydrogen (secondary N) is 1. The molecular weight excluding hydrogens is 318 g/mol. The number of aromatic carboxylic acids is 1. The van der Waals surface area contributed by atoms with Crippen LogP contribution in [0.15, 0.2) is 21.6 Å². The Morgan fingerprint density at radius 1 is 1.61 bits per heavy atom. The molecule has 1 rings (SSSR count). The fourth-order valence-corrected chi connectivity index (χ4v) is 2.14. The summed E-state index contributed by atoms with van der Waals surface area (Å²) in [7, 11) is 0. The predicted octanol–water partition coefficient (Wildman–Crippen LogP) is 2.88. The first-order chi connectivity index (χ1) is 8.49. The van der Waals surface area contributed by atoms with Crippen molar-refractivity contribution in [3.63, 3.8) is 0 Å². The number of hydrogen-bond donors (Lipinski definition) is 2. The number of benzene rings is 1. The number of aryl methyl sites for hydroxylation is 1. The SMILES string of the molecule is CSC(=Nc1cc(C(=O)O)c(C)cc1Br)NC#N. The Bertz CT molecular complexity index is 552. The molecule has 0 aliphatic rings. The molecule has 2 N–H and O–H groups in total. The Kier molecular flexibility index (Phi) is 5.19. The number of hydrogen-bond acceptors (Lipinski definition) is 4. The van der Waals surface area contributed by atoms with E-state index in [4.69, 9.17) is 10.4 Å². The van der Waals surface area contributed by atoms with E-state index in [1.165, 1.54) is 17.8 Å². The van der Waals surface area contributed by atoms with Gasteiger partial charge in [0.15, 0.2) is 11.4 Å². The zero-order chi connectivity index (χ0) is 13.7. The fourth-order valence-electron chi connectivity index (χ4n) is 1.26. The van der Waals surface area contributed by atoms with Gasteiger partial charge >= 0.3 is 5.97 Å². The van der Waals surface area contributed by atoms with Gasteiger partial charge < -0.3 is 5.11 Å². The smallest absolute Gasteiger partial charge is 0.336 e. The molecule has 7 heteroatoms. The van der Waals surface area contributed by atoms with Crippen molar-refractivity contribution in [2.24, 2.45) is 4.99 Å². The van der Waals surface area contributed by atoms with Crippen molar-refractivity contribution in [3.05, 3.63) is 27.7 Å². The normalized spacial score (nSPS) is 10.9. The van der Waals surface area contributed by atoms with Crippen molar-refractivity contribution in [1.82, 2.24) is 5.32 Å². The van der Waals surface area contributed by atoms with Crippen molar-refractivity contribution in [2.75, 3.05) is 6.26 Å². The average molecular weight is 328 g/mol. The molecule has 0 saturated heterocycles. The van der Waals surface area contributed by atoms with Crippen molar-refractivity contribution in [2.45, 2.75) is 6.92 Å². The highest BCUT2D eigenvalue weighted by Crippen LogP contribution is 2.29. The monoisotopic (exact) mass is 327 g/mol. The molecule has 0 heterocycles. The maximum absolute atomic E-state index is 11.0. The number of rotatable bonds is 2. The highest BCUT2D eigenvalue weighted by molar-refractivity contribution is 9.10. The van der Waals surface area contributed by atoms with Crippen LogP contribution in [-0.2, 0) is 0 Å². The van der Waals surface area contributed by atoms with E-state index in [9.17, 15) is 4.79 Å². The Morgan fingerprint density at radius 3 is 2.78 bits per heavy atom. The third-order valence-electron chi connectivity index (χ3n) is 2.10. The summed E-state index contributed by atoms with van der Waals surface area (Å²) in [6.07, 6.45) is 3.54. The summed E-state index contributed by atoms with van der Waals surface area (Å²) in [5.74, 6) is -1.00. The molecule has 0 atom stereocenters. The van der Waals surface area contributed by atoms with Gasteiger partial charge in [-0.1, -0.05) is 11.8 Å². The molecule has 0 spiro atoms. The third-order valence-corrected chi connectivity index (χ3v) is 3.32. The highest BCUT2D eigenvalue weighted by Gasteiger charge is 2.11. The van der Waals surface area contributed by atoms with Crippen LogP contribution >= 0.6 is 27.7 Å². The minimum atomic E-state index is -1.00. The second kappa shape index (κ2) is 6.42. The van der Waals surface area contributed by atoms with Crippen LogP contribution in [0.4, 0.5) is 5.69 Å². The van der Waals surface area contributed by atoms with E-state index in [2.05, 4.69) is 26.2 Å². The van der Waals surface area contributed by atoms with Crippen molar-refractivity contribution >= 4 is 44.5 Å². The minimum Gasteiger partial charge on any atom is -0.478 e. The van der Waals surface area contributed by atoms with E-state index in [-0.39, 0.29) is 5.56 Å². The molecule has 0 aliphatic carbocycles. The second-order valence-corrected chi connectivity index (χ2v) is 4.93. The van der Waals surface area contributed by atoms with Gasteiger partial charge in [-0.25, -0.2) is 9.79 Å². The summed E-state index contributed by atoms with van der Waals surface area (Å²) in [6.45, 7) is 1.71. The molecule has 0 amide bonds. The predicted molar refractivity (Wildman–Crippen MR) is 75.2 cm³/mol. The summed E-state index contributed by atoms with van der Waals surface area (Å²) in [4.78, 5) is 15.2. The van der Waals surface area contributed by atoms with Gasteiger partial charge in [-0.15, -0.1) is 0 Å². The molecule has 0 fully saturated rings. The first-order valence-electron chi connectivity index (χ1n) is 4.80. The van der Waals surface area contributed by atoms with Crippen LogP contribution in [0.5, 0.6) is 0 Å². The molecule has 0 unspecified atom stereocenters. The van der Waals surface area contributed by atoms with Gasteiger partial charge in [0, 0.05) is 4.47 Å². The van der Waals surface area contributed by atoms with Gasteiger partial charge in [0.1, 0.15) is 0 Å². The number of carboxylic acids is 1. The molecule has 1 aromatic carbocycles. The summed E-state index contributed by atoms with van der Waals surface area (Å²) >= 11 is 4.58. The van der Waals surface area contributed by atoms with Crippen LogP contribution in [0.2, 0.25) is 0 Å². The Labute approximate surface area is 117 Å². The van der Waals surface area contributed by atoms with E-state index in [0.29, 0.717) is 20.9 Å². The molecule has 1 aromatic rings. The largest absolute Gasteiger partial charge is 0.478 e. The standard InChI is InChI=1S/C11H10BrN3O2S/c1-6-3-8(12)9(4-7(6)10(16)17)15-11(18-2)14-5-13/h3-4H,1-2H3,(H,14,15)(H,16,17). The quantitative estimate of drug-likeness (QED) is 0.377. The lowest BCUT2D eigenvalue weighted by Crippen LogP contribution is -2.12. The number of amidine groups is 1. The van der Waals surface area contributed by atoms with Crippen molar-refractivity contribution in [3.8, 4) is 6.19 Å². The van der Waals surface area contributed by atoms with E-state index in [1.54, 1.807) is 25.4 Å². The number of nitrogens with zero attached hydrogens (tertiary/aromatic N) is 2.